The Morgan fingerprint density at radius 2 is 2.00 bits per heavy atom. The molecule has 3 aromatic rings. The average molecular weight is 374 g/mol. The van der Waals surface area contributed by atoms with Crippen LogP contribution >= 0.6 is 15.9 Å². The van der Waals surface area contributed by atoms with Crippen molar-refractivity contribution in [2.45, 2.75) is 13.0 Å². The highest BCUT2D eigenvalue weighted by atomic mass is 79.9. The van der Waals surface area contributed by atoms with Crippen LogP contribution in [0.2, 0.25) is 0 Å². The topological polar surface area (TPSA) is 51.5 Å². The summed E-state index contributed by atoms with van der Waals surface area (Å²) in [6.45, 7) is 1.89. The monoisotopic (exact) mass is 373 g/mol. The van der Waals surface area contributed by atoms with Crippen LogP contribution in [-0.4, -0.2) is 13.0 Å². The quantitative estimate of drug-likeness (QED) is 0.721. The van der Waals surface area contributed by atoms with Gasteiger partial charge in [0, 0.05) is 9.86 Å². The molecular weight excluding hydrogens is 358 g/mol. The van der Waals surface area contributed by atoms with E-state index in [0.29, 0.717) is 15.8 Å². The molecule has 1 N–H and O–H groups in total. The first-order chi connectivity index (χ1) is 11.1. The summed E-state index contributed by atoms with van der Waals surface area (Å²) < 4.78 is 11.7. The molecule has 118 valence electrons. The van der Waals surface area contributed by atoms with Gasteiger partial charge < -0.3 is 14.5 Å². The van der Waals surface area contributed by atoms with Crippen molar-refractivity contribution in [2.24, 2.45) is 0 Å². The average Bonchev–Trinajstić information content (AvgIpc) is 2.99. The second-order valence-electron chi connectivity index (χ2n) is 5.23. The fourth-order valence-corrected chi connectivity index (χ4v) is 2.79. The Labute approximate surface area is 142 Å². The van der Waals surface area contributed by atoms with E-state index in [9.17, 15) is 4.79 Å². The molecule has 0 bridgehead atoms. The number of carbonyl (C=O) groups is 1. The summed E-state index contributed by atoms with van der Waals surface area (Å²) in [4.78, 5) is 12.5. The number of benzene rings is 2. The van der Waals surface area contributed by atoms with Crippen LogP contribution in [0.1, 0.15) is 29.1 Å². The minimum atomic E-state index is -0.243. The van der Waals surface area contributed by atoms with Crippen molar-refractivity contribution in [3.63, 3.8) is 0 Å². The maximum Gasteiger partial charge on any atom is 0.253 e. The third-order valence-corrected chi connectivity index (χ3v) is 4.33. The van der Waals surface area contributed by atoms with Crippen molar-refractivity contribution in [3.8, 4) is 5.75 Å². The molecule has 0 unspecified atom stereocenters. The molecule has 0 fully saturated rings. The van der Waals surface area contributed by atoms with E-state index in [1.54, 1.807) is 25.3 Å². The molecule has 1 aromatic heterocycles. The number of methoxy groups -OCH3 is 1. The fraction of sp³-hybridized carbons (Fsp3) is 0.167. The normalized spacial score (nSPS) is 12.1. The van der Waals surface area contributed by atoms with E-state index in [2.05, 4.69) is 21.2 Å². The first kappa shape index (κ1) is 15.6. The lowest BCUT2D eigenvalue weighted by Crippen LogP contribution is -2.26. The highest BCUT2D eigenvalue weighted by molar-refractivity contribution is 9.10. The third-order valence-electron chi connectivity index (χ3n) is 3.64. The first-order valence-electron chi connectivity index (χ1n) is 7.21. The Hall–Kier alpha value is -2.27. The molecule has 3 rings (SSSR count). The number of ether oxygens (including phenoxy) is 1. The van der Waals surface area contributed by atoms with E-state index in [4.69, 9.17) is 9.15 Å². The summed E-state index contributed by atoms with van der Waals surface area (Å²) in [5.74, 6) is 1.16. The van der Waals surface area contributed by atoms with Crippen molar-refractivity contribution in [1.82, 2.24) is 5.32 Å². The number of hydrogen-bond donors (Lipinski definition) is 1. The number of nitrogens with one attached hydrogen (secondary N) is 1. The van der Waals surface area contributed by atoms with Gasteiger partial charge in [-0.1, -0.05) is 18.2 Å². The van der Waals surface area contributed by atoms with Crippen LogP contribution in [0.5, 0.6) is 5.75 Å². The molecule has 0 aliphatic rings. The van der Waals surface area contributed by atoms with Crippen LogP contribution in [0.3, 0.4) is 0 Å². The number of halogens is 1. The SMILES string of the molecule is COc1ccc(Br)c(C(=O)N[C@H](C)c2cc3ccccc3o2)c1. The zero-order valence-corrected chi connectivity index (χ0v) is 14.4. The molecule has 5 heteroatoms. The Morgan fingerprint density at radius 3 is 2.74 bits per heavy atom. The molecule has 0 spiro atoms. The van der Waals surface area contributed by atoms with E-state index in [0.717, 1.165) is 16.7 Å². The van der Waals surface area contributed by atoms with Gasteiger partial charge in [0.1, 0.15) is 17.1 Å². The van der Waals surface area contributed by atoms with Gasteiger partial charge in [-0.25, -0.2) is 0 Å². The molecule has 1 heterocycles. The summed E-state index contributed by atoms with van der Waals surface area (Å²) >= 11 is 3.39. The number of hydrogen-bond acceptors (Lipinski definition) is 3. The van der Waals surface area contributed by atoms with Gasteiger partial charge in [-0.3, -0.25) is 4.79 Å². The van der Waals surface area contributed by atoms with Gasteiger partial charge in [0.05, 0.1) is 18.7 Å². The van der Waals surface area contributed by atoms with E-state index < -0.39 is 0 Å². The van der Waals surface area contributed by atoms with Gasteiger partial charge in [-0.2, -0.15) is 0 Å². The van der Waals surface area contributed by atoms with Crippen molar-refractivity contribution in [3.05, 3.63) is 64.3 Å². The zero-order valence-electron chi connectivity index (χ0n) is 12.8. The van der Waals surface area contributed by atoms with Gasteiger partial charge >= 0.3 is 0 Å². The van der Waals surface area contributed by atoms with Crippen molar-refractivity contribution in [2.75, 3.05) is 7.11 Å². The molecule has 0 saturated heterocycles. The number of fused-ring (bicyclic) bond motifs is 1. The van der Waals surface area contributed by atoms with Gasteiger partial charge in [-0.05, 0) is 53.2 Å². The summed E-state index contributed by atoms with van der Waals surface area (Å²) in [6, 6.07) is 14.8. The highest BCUT2D eigenvalue weighted by Gasteiger charge is 2.17. The molecule has 0 saturated carbocycles. The molecule has 2 aromatic carbocycles. The van der Waals surface area contributed by atoms with Gasteiger partial charge in [0.15, 0.2) is 0 Å². The molecule has 0 aliphatic heterocycles. The standard InChI is InChI=1S/C18H16BrNO3/c1-11(17-9-12-5-3-4-6-16(12)23-17)20-18(21)14-10-13(22-2)7-8-15(14)19/h3-11H,1-2H3,(H,20,21)/t11-/m1/s1. The van der Waals surface area contributed by atoms with E-state index >= 15 is 0 Å². The van der Waals surface area contributed by atoms with Crippen molar-refractivity contribution >= 4 is 32.8 Å². The summed E-state index contributed by atoms with van der Waals surface area (Å²) in [7, 11) is 1.57. The van der Waals surface area contributed by atoms with Gasteiger partial charge in [-0.15, -0.1) is 0 Å². The molecule has 23 heavy (non-hydrogen) atoms. The molecule has 1 atom stereocenters. The lowest BCUT2D eigenvalue weighted by molar-refractivity contribution is 0.0934. The second-order valence-corrected chi connectivity index (χ2v) is 6.08. The molecule has 4 nitrogen and oxygen atoms in total. The minimum Gasteiger partial charge on any atom is -0.497 e. The highest BCUT2D eigenvalue weighted by Crippen LogP contribution is 2.26. The van der Waals surface area contributed by atoms with Crippen LogP contribution in [-0.2, 0) is 0 Å². The molecule has 1 amide bonds. The Bertz CT molecular complexity index is 823. The van der Waals surface area contributed by atoms with E-state index in [-0.39, 0.29) is 11.9 Å². The summed E-state index contributed by atoms with van der Waals surface area (Å²) in [5.41, 5.74) is 1.33. The maximum absolute atomic E-state index is 12.5. The number of carbonyl (C=O) groups excluding carboxylic acids is 1. The summed E-state index contributed by atoms with van der Waals surface area (Å²) in [5, 5.41) is 3.97. The molecule has 0 aliphatic carbocycles. The Morgan fingerprint density at radius 1 is 1.22 bits per heavy atom. The van der Waals surface area contributed by atoms with Crippen LogP contribution in [0.25, 0.3) is 11.0 Å². The number of amides is 1. The maximum atomic E-state index is 12.5. The summed E-state index contributed by atoms with van der Waals surface area (Å²) in [6.07, 6.45) is 0. The van der Waals surface area contributed by atoms with Gasteiger partial charge in [0.2, 0.25) is 0 Å². The zero-order chi connectivity index (χ0) is 16.4. The molecule has 0 radical (unpaired) electrons. The lowest BCUT2D eigenvalue weighted by Gasteiger charge is -2.13. The predicted molar refractivity (Wildman–Crippen MR) is 92.8 cm³/mol. The van der Waals surface area contributed by atoms with Crippen LogP contribution in [0.15, 0.2) is 57.4 Å². The van der Waals surface area contributed by atoms with Crippen LogP contribution in [0, 0.1) is 0 Å². The van der Waals surface area contributed by atoms with Crippen LogP contribution in [0.4, 0.5) is 0 Å². The number of para-hydroxylation sites is 1. The van der Waals surface area contributed by atoms with E-state index in [1.165, 1.54) is 0 Å². The first-order valence-corrected chi connectivity index (χ1v) is 8.00. The number of rotatable bonds is 4. The van der Waals surface area contributed by atoms with Crippen LogP contribution < -0.4 is 10.1 Å². The third kappa shape index (κ3) is 3.24. The largest absolute Gasteiger partial charge is 0.497 e. The molecular formula is C18H16BrNO3. The van der Waals surface area contributed by atoms with Crippen molar-refractivity contribution < 1.29 is 13.9 Å². The smallest absolute Gasteiger partial charge is 0.253 e. The Balaban J connectivity index is 1.81. The van der Waals surface area contributed by atoms with Gasteiger partial charge in [0.25, 0.3) is 5.91 Å². The second kappa shape index (κ2) is 6.46. The number of furan rings is 1. The predicted octanol–water partition coefficient (Wildman–Crippen LogP) is 4.69. The fourth-order valence-electron chi connectivity index (χ4n) is 2.37. The lowest BCUT2D eigenvalue weighted by atomic mass is 10.1. The Kier molecular flexibility index (Phi) is 4.39. The van der Waals surface area contributed by atoms with E-state index in [1.807, 2.05) is 37.3 Å². The van der Waals surface area contributed by atoms with Crippen molar-refractivity contribution in [1.29, 1.82) is 0 Å². The minimum absolute atomic E-state index is 0.191.